The zero-order valence-corrected chi connectivity index (χ0v) is 7.91. The number of hydrogen-bond donors (Lipinski definition) is 2. The van der Waals surface area contributed by atoms with Gasteiger partial charge >= 0.3 is 0 Å². The first kappa shape index (κ1) is 7.75. The summed E-state index contributed by atoms with van der Waals surface area (Å²) in [4.78, 5) is 0. The van der Waals surface area contributed by atoms with E-state index < -0.39 is 0 Å². The number of nitrogens with one attached hydrogen (secondary N) is 2. The van der Waals surface area contributed by atoms with Crippen molar-refractivity contribution in [1.82, 2.24) is 25.3 Å². The predicted molar refractivity (Wildman–Crippen MR) is 51.0 cm³/mol. The fourth-order valence-corrected chi connectivity index (χ4v) is 1.70. The number of fused-ring (bicyclic) bond motifs is 1. The first-order valence-electron chi connectivity index (χ1n) is 4.63. The van der Waals surface area contributed by atoms with Crippen LogP contribution >= 0.6 is 0 Å². The quantitative estimate of drug-likeness (QED) is 0.687. The molecular formula is C9H11N5. The number of rotatable bonds is 1. The molecule has 0 unspecified atom stereocenters. The van der Waals surface area contributed by atoms with Crippen LogP contribution in [0, 0.1) is 6.92 Å². The minimum atomic E-state index is 0.858. The summed E-state index contributed by atoms with van der Waals surface area (Å²) < 4.78 is 1.83. The molecule has 5 heteroatoms. The zero-order chi connectivity index (χ0) is 9.54. The molecule has 0 radical (unpaired) electrons. The van der Waals surface area contributed by atoms with Gasteiger partial charge in [0.05, 0.1) is 5.69 Å². The van der Waals surface area contributed by atoms with Crippen LogP contribution in [0.15, 0.2) is 12.3 Å². The Labute approximate surface area is 81.1 Å². The molecule has 5 nitrogen and oxygen atoms in total. The monoisotopic (exact) mass is 189 g/mol. The lowest BCUT2D eigenvalue weighted by Crippen LogP contribution is -2.05. The van der Waals surface area contributed by atoms with E-state index >= 15 is 0 Å². The van der Waals surface area contributed by atoms with Crippen LogP contribution in [0.5, 0.6) is 0 Å². The van der Waals surface area contributed by atoms with Crippen LogP contribution in [0.1, 0.15) is 17.0 Å². The second-order valence-corrected chi connectivity index (χ2v) is 3.56. The van der Waals surface area contributed by atoms with Gasteiger partial charge < -0.3 is 5.32 Å². The molecule has 0 saturated carbocycles. The smallest absolute Gasteiger partial charge is 0.175 e. The summed E-state index contributed by atoms with van der Waals surface area (Å²) in [5.41, 5.74) is 3.45. The molecular weight excluding hydrogens is 178 g/mol. The standard InChI is InChI=1S/C9H11N5/c1-6-2-9(12-11-6)14-5-7-3-10-4-8(7)13-14/h2,5,10H,3-4H2,1H3,(H,11,12). The summed E-state index contributed by atoms with van der Waals surface area (Å²) in [5.74, 6) is 0.858. The van der Waals surface area contributed by atoms with Crippen LogP contribution in [0.25, 0.3) is 5.82 Å². The van der Waals surface area contributed by atoms with Gasteiger partial charge in [0.1, 0.15) is 0 Å². The van der Waals surface area contributed by atoms with Crippen molar-refractivity contribution >= 4 is 0 Å². The van der Waals surface area contributed by atoms with Crippen LogP contribution in [-0.2, 0) is 13.1 Å². The third kappa shape index (κ3) is 1.06. The van der Waals surface area contributed by atoms with E-state index in [1.54, 1.807) is 0 Å². The summed E-state index contributed by atoms with van der Waals surface area (Å²) in [6.45, 7) is 3.76. The van der Waals surface area contributed by atoms with Crippen molar-refractivity contribution in [2.24, 2.45) is 0 Å². The fourth-order valence-electron chi connectivity index (χ4n) is 1.70. The molecule has 14 heavy (non-hydrogen) atoms. The van der Waals surface area contributed by atoms with Crippen LogP contribution in [-0.4, -0.2) is 20.0 Å². The number of aromatic amines is 1. The Morgan fingerprint density at radius 1 is 1.43 bits per heavy atom. The molecule has 0 spiro atoms. The number of aryl methyl sites for hydroxylation is 1. The minimum Gasteiger partial charge on any atom is -0.307 e. The second-order valence-electron chi connectivity index (χ2n) is 3.56. The first-order valence-corrected chi connectivity index (χ1v) is 4.63. The van der Waals surface area contributed by atoms with Gasteiger partial charge in [-0.25, -0.2) is 4.68 Å². The van der Waals surface area contributed by atoms with Crippen LogP contribution in [0.2, 0.25) is 0 Å². The molecule has 0 fully saturated rings. The second kappa shape index (κ2) is 2.68. The maximum absolute atomic E-state index is 4.45. The minimum absolute atomic E-state index is 0.858. The Hall–Kier alpha value is -1.62. The number of nitrogens with zero attached hydrogens (tertiary/aromatic N) is 3. The first-order chi connectivity index (χ1) is 6.83. The molecule has 1 aliphatic heterocycles. The highest BCUT2D eigenvalue weighted by Crippen LogP contribution is 2.15. The van der Waals surface area contributed by atoms with Gasteiger partial charge in [0.15, 0.2) is 5.82 Å². The van der Waals surface area contributed by atoms with Gasteiger partial charge in [-0.1, -0.05) is 0 Å². The molecule has 72 valence electrons. The third-order valence-corrected chi connectivity index (χ3v) is 2.41. The largest absolute Gasteiger partial charge is 0.307 e. The lowest BCUT2D eigenvalue weighted by molar-refractivity contribution is 0.715. The normalized spacial score (nSPS) is 14.6. The molecule has 2 aromatic heterocycles. The lowest BCUT2D eigenvalue weighted by Gasteiger charge is -1.94. The summed E-state index contributed by atoms with van der Waals surface area (Å²) in [6, 6.07) is 1.98. The fraction of sp³-hybridized carbons (Fsp3) is 0.333. The van der Waals surface area contributed by atoms with Crippen molar-refractivity contribution in [3.63, 3.8) is 0 Å². The average Bonchev–Trinajstić information content (AvgIpc) is 2.75. The van der Waals surface area contributed by atoms with E-state index in [4.69, 9.17) is 0 Å². The highest BCUT2D eigenvalue weighted by atomic mass is 15.4. The Kier molecular flexibility index (Phi) is 1.49. The van der Waals surface area contributed by atoms with Crippen molar-refractivity contribution in [3.8, 4) is 5.82 Å². The molecule has 1 aliphatic rings. The van der Waals surface area contributed by atoms with E-state index in [9.17, 15) is 0 Å². The number of aromatic nitrogens is 4. The molecule has 3 heterocycles. The highest BCUT2D eigenvalue weighted by Gasteiger charge is 2.15. The summed E-state index contributed by atoms with van der Waals surface area (Å²) in [6.07, 6.45) is 2.03. The van der Waals surface area contributed by atoms with E-state index in [0.29, 0.717) is 0 Å². The van der Waals surface area contributed by atoms with Crippen LogP contribution in [0.3, 0.4) is 0 Å². The highest BCUT2D eigenvalue weighted by molar-refractivity contribution is 5.28. The molecule has 0 atom stereocenters. The molecule has 3 rings (SSSR count). The molecule has 0 saturated heterocycles. The third-order valence-electron chi connectivity index (χ3n) is 2.41. The zero-order valence-electron chi connectivity index (χ0n) is 7.91. The van der Waals surface area contributed by atoms with Crippen molar-refractivity contribution in [2.45, 2.75) is 20.0 Å². The number of H-pyrrole nitrogens is 1. The number of hydrogen-bond acceptors (Lipinski definition) is 3. The average molecular weight is 189 g/mol. The Bertz CT molecular complexity index is 446. The summed E-state index contributed by atoms with van der Waals surface area (Å²) in [7, 11) is 0. The molecule has 0 bridgehead atoms. The summed E-state index contributed by atoms with van der Waals surface area (Å²) in [5, 5.41) is 14.8. The van der Waals surface area contributed by atoms with Crippen LogP contribution < -0.4 is 5.32 Å². The van der Waals surface area contributed by atoms with Gasteiger partial charge in [0.25, 0.3) is 0 Å². The van der Waals surface area contributed by atoms with Gasteiger partial charge in [-0.3, -0.25) is 5.10 Å². The van der Waals surface area contributed by atoms with E-state index in [-0.39, 0.29) is 0 Å². The predicted octanol–water partition coefficient (Wildman–Crippen LogP) is 0.507. The molecule has 0 amide bonds. The van der Waals surface area contributed by atoms with Crippen LogP contribution in [0.4, 0.5) is 0 Å². The van der Waals surface area contributed by atoms with Crippen molar-refractivity contribution < 1.29 is 0 Å². The van der Waals surface area contributed by atoms with Gasteiger partial charge in [0, 0.05) is 36.6 Å². The van der Waals surface area contributed by atoms with Gasteiger partial charge in [-0.2, -0.15) is 10.2 Å². The molecule has 0 aromatic carbocycles. The van der Waals surface area contributed by atoms with Gasteiger partial charge in [-0.05, 0) is 6.92 Å². The Morgan fingerprint density at radius 2 is 2.36 bits per heavy atom. The SMILES string of the molecule is Cc1cc(-n2cc3c(n2)CNC3)n[nH]1. The lowest BCUT2D eigenvalue weighted by atomic mass is 10.3. The summed E-state index contributed by atoms with van der Waals surface area (Å²) >= 11 is 0. The molecule has 2 aromatic rings. The Morgan fingerprint density at radius 3 is 3.07 bits per heavy atom. The Balaban J connectivity index is 2.05. The molecule has 0 aliphatic carbocycles. The topological polar surface area (TPSA) is 58.5 Å². The van der Waals surface area contributed by atoms with E-state index in [1.165, 1.54) is 5.56 Å². The van der Waals surface area contributed by atoms with E-state index in [1.807, 2.05) is 23.9 Å². The maximum atomic E-state index is 4.45. The van der Waals surface area contributed by atoms with Crippen molar-refractivity contribution in [1.29, 1.82) is 0 Å². The van der Waals surface area contributed by atoms with Crippen molar-refractivity contribution in [3.05, 3.63) is 29.2 Å². The van der Waals surface area contributed by atoms with E-state index in [0.717, 1.165) is 30.3 Å². The van der Waals surface area contributed by atoms with Crippen molar-refractivity contribution in [2.75, 3.05) is 0 Å². The van der Waals surface area contributed by atoms with E-state index in [2.05, 4.69) is 20.6 Å². The van der Waals surface area contributed by atoms with Gasteiger partial charge in [-0.15, -0.1) is 0 Å². The molecule has 2 N–H and O–H groups in total. The maximum Gasteiger partial charge on any atom is 0.175 e. The van der Waals surface area contributed by atoms with Gasteiger partial charge in [0.2, 0.25) is 0 Å².